The zero-order valence-electron chi connectivity index (χ0n) is 15.4. The molecule has 0 unspecified atom stereocenters. The van der Waals surface area contributed by atoms with E-state index in [0.29, 0.717) is 11.5 Å². The van der Waals surface area contributed by atoms with Gasteiger partial charge in [0.05, 0.1) is 0 Å². The second-order valence-electron chi connectivity index (χ2n) is 6.80. The summed E-state index contributed by atoms with van der Waals surface area (Å²) in [6.45, 7) is 4.26. The molecule has 2 rings (SSSR count). The normalized spacial score (nSPS) is 10.6. The number of carbonyl (C=O) groups is 3. The Hall–Kier alpha value is -3.15. The molecule has 0 saturated carbocycles. The second-order valence-corrected chi connectivity index (χ2v) is 6.80. The Labute approximate surface area is 157 Å². The lowest BCUT2D eigenvalue weighted by Gasteiger charge is -2.08. The van der Waals surface area contributed by atoms with Crippen molar-refractivity contribution >= 4 is 23.3 Å². The van der Waals surface area contributed by atoms with Crippen molar-refractivity contribution in [1.82, 2.24) is 0 Å². The molecule has 2 aromatic carbocycles. The number of hydrogen-bond acceptors (Lipinski definition) is 4. The third kappa shape index (κ3) is 5.95. The number of Topliss-reactive ketones (excluding diaryl/α,β-unsaturated/α-hetero) is 1. The van der Waals surface area contributed by atoms with Crippen molar-refractivity contribution in [1.29, 1.82) is 0 Å². The third-order valence-corrected chi connectivity index (χ3v) is 4.01. The van der Waals surface area contributed by atoms with E-state index in [9.17, 15) is 19.5 Å². The van der Waals surface area contributed by atoms with E-state index in [1.54, 1.807) is 12.1 Å². The largest absolute Gasteiger partial charge is 0.507 e. The van der Waals surface area contributed by atoms with Gasteiger partial charge in [-0.05, 0) is 36.1 Å². The van der Waals surface area contributed by atoms with Gasteiger partial charge in [-0.3, -0.25) is 9.59 Å². The minimum Gasteiger partial charge on any atom is -0.507 e. The zero-order chi connectivity index (χ0) is 20.0. The van der Waals surface area contributed by atoms with Gasteiger partial charge in [0.15, 0.2) is 5.78 Å². The zero-order valence-corrected chi connectivity index (χ0v) is 15.4. The van der Waals surface area contributed by atoms with Crippen molar-refractivity contribution in [3.63, 3.8) is 0 Å². The molecule has 0 aliphatic heterocycles. The molecular formula is C21H23NO5. The van der Waals surface area contributed by atoms with E-state index in [1.807, 2.05) is 12.1 Å². The summed E-state index contributed by atoms with van der Waals surface area (Å²) >= 11 is 0. The Bertz CT molecular complexity index is 840. The van der Waals surface area contributed by atoms with Crippen LogP contribution in [0.2, 0.25) is 0 Å². The van der Waals surface area contributed by atoms with Crippen molar-refractivity contribution < 1.29 is 24.6 Å². The molecule has 142 valence electrons. The van der Waals surface area contributed by atoms with Gasteiger partial charge in [0.1, 0.15) is 11.3 Å². The van der Waals surface area contributed by atoms with Gasteiger partial charge in [0.25, 0.3) is 0 Å². The fourth-order valence-corrected chi connectivity index (χ4v) is 2.68. The van der Waals surface area contributed by atoms with Crippen LogP contribution in [0.25, 0.3) is 0 Å². The highest BCUT2D eigenvalue weighted by Gasteiger charge is 2.13. The maximum Gasteiger partial charge on any atom is 0.339 e. The number of rotatable bonds is 8. The molecule has 0 aromatic heterocycles. The van der Waals surface area contributed by atoms with Crippen LogP contribution in [0.4, 0.5) is 5.69 Å². The minimum absolute atomic E-state index is 0.0180. The monoisotopic (exact) mass is 369 g/mol. The molecule has 6 nitrogen and oxygen atoms in total. The maximum absolute atomic E-state index is 12.2. The number of nitrogens with one attached hydrogen (secondary N) is 1. The second kappa shape index (κ2) is 8.98. The molecule has 27 heavy (non-hydrogen) atoms. The Morgan fingerprint density at radius 3 is 2.26 bits per heavy atom. The summed E-state index contributed by atoms with van der Waals surface area (Å²) in [5, 5.41) is 21.0. The lowest BCUT2D eigenvalue weighted by atomic mass is 9.99. The number of benzene rings is 2. The highest BCUT2D eigenvalue weighted by atomic mass is 16.4. The first-order valence-corrected chi connectivity index (χ1v) is 8.74. The van der Waals surface area contributed by atoms with Gasteiger partial charge in [0, 0.05) is 24.1 Å². The summed E-state index contributed by atoms with van der Waals surface area (Å²) in [5.41, 5.74) is 1.68. The smallest absolute Gasteiger partial charge is 0.339 e. The minimum atomic E-state index is -1.29. The lowest BCUT2D eigenvalue weighted by Crippen LogP contribution is -2.14. The summed E-state index contributed by atoms with van der Waals surface area (Å²) in [6.07, 6.45) is 0.983. The molecule has 0 fully saturated rings. The van der Waals surface area contributed by atoms with E-state index < -0.39 is 11.9 Å². The molecule has 2 aromatic rings. The first-order chi connectivity index (χ1) is 12.8. The van der Waals surface area contributed by atoms with E-state index in [-0.39, 0.29) is 35.6 Å². The average Bonchev–Trinajstić information content (AvgIpc) is 2.61. The van der Waals surface area contributed by atoms with Crippen LogP contribution in [0.1, 0.15) is 53.0 Å². The van der Waals surface area contributed by atoms with Crippen LogP contribution in [0.3, 0.4) is 0 Å². The number of carboxylic acid groups (broad SMARTS) is 1. The number of ketones is 1. The predicted octanol–water partition coefficient (Wildman–Crippen LogP) is 3.89. The topological polar surface area (TPSA) is 104 Å². The molecule has 0 aliphatic carbocycles. The van der Waals surface area contributed by atoms with E-state index >= 15 is 0 Å². The molecule has 6 heteroatoms. The number of aromatic carboxylic acids is 1. The summed E-state index contributed by atoms with van der Waals surface area (Å²) in [4.78, 5) is 35.2. The first-order valence-electron chi connectivity index (χ1n) is 8.74. The number of carboxylic acids is 1. The number of hydrogen-bond donors (Lipinski definition) is 3. The number of aromatic hydroxyl groups is 1. The number of carbonyl (C=O) groups excluding carboxylic acids is 2. The highest BCUT2D eigenvalue weighted by Crippen LogP contribution is 2.21. The van der Waals surface area contributed by atoms with Crippen molar-refractivity contribution in [2.75, 3.05) is 5.32 Å². The van der Waals surface area contributed by atoms with Crippen molar-refractivity contribution in [3.8, 4) is 5.75 Å². The predicted molar refractivity (Wildman–Crippen MR) is 102 cm³/mol. The third-order valence-electron chi connectivity index (χ3n) is 4.01. The van der Waals surface area contributed by atoms with Gasteiger partial charge in [-0.25, -0.2) is 4.79 Å². The van der Waals surface area contributed by atoms with Crippen LogP contribution in [0.5, 0.6) is 5.75 Å². The summed E-state index contributed by atoms with van der Waals surface area (Å²) < 4.78 is 0. The molecule has 3 N–H and O–H groups in total. The number of phenols is 1. The van der Waals surface area contributed by atoms with Crippen LogP contribution in [-0.4, -0.2) is 27.9 Å². The first kappa shape index (κ1) is 20.2. The summed E-state index contributed by atoms with van der Waals surface area (Å²) in [7, 11) is 0. The van der Waals surface area contributed by atoms with E-state index in [0.717, 1.165) is 6.42 Å². The fraction of sp³-hybridized carbons (Fsp3) is 0.286. The van der Waals surface area contributed by atoms with Crippen molar-refractivity contribution in [3.05, 3.63) is 59.2 Å². The van der Waals surface area contributed by atoms with Crippen molar-refractivity contribution in [2.45, 2.75) is 33.1 Å². The summed E-state index contributed by atoms with van der Waals surface area (Å²) in [5.74, 6) is -1.66. The Kier molecular flexibility index (Phi) is 6.71. The molecular weight excluding hydrogens is 346 g/mol. The molecule has 0 radical (unpaired) electrons. The van der Waals surface area contributed by atoms with Gasteiger partial charge in [-0.1, -0.05) is 38.1 Å². The number of anilines is 1. The van der Waals surface area contributed by atoms with Crippen LogP contribution >= 0.6 is 0 Å². The highest BCUT2D eigenvalue weighted by molar-refractivity contribution is 6.00. The van der Waals surface area contributed by atoms with E-state index in [4.69, 9.17) is 5.11 Å². The van der Waals surface area contributed by atoms with Gasteiger partial charge in [0.2, 0.25) is 5.91 Å². The molecule has 0 atom stereocenters. The van der Waals surface area contributed by atoms with Gasteiger partial charge in [-0.2, -0.15) is 0 Å². The Balaban J connectivity index is 1.90. The molecule has 0 aliphatic rings. The van der Waals surface area contributed by atoms with Gasteiger partial charge in [-0.15, -0.1) is 0 Å². The Morgan fingerprint density at radius 1 is 1.00 bits per heavy atom. The quantitative estimate of drug-likeness (QED) is 0.484. The van der Waals surface area contributed by atoms with Crippen LogP contribution < -0.4 is 5.32 Å². The van der Waals surface area contributed by atoms with Gasteiger partial charge < -0.3 is 15.5 Å². The fourth-order valence-electron chi connectivity index (χ4n) is 2.68. The lowest BCUT2D eigenvalue weighted by molar-refractivity contribution is -0.116. The molecule has 0 spiro atoms. The van der Waals surface area contributed by atoms with Crippen LogP contribution in [0, 0.1) is 5.92 Å². The molecule has 0 bridgehead atoms. The average molecular weight is 369 g/mol. The van der Waals surface area contributed by atoms with Crippen LogP contribution in [0.15, 0.2) is 42.5 Å². The SMILES string of the molecule is CC(C)Cc1ccc(C(=O)CCC(=O)Nc2ccc(O)c(C(=O)O)c2)cc1. The molecule has 1 amide bonds. The number of amides is 1. The standard InChI is InChI=1S/C21H23NO5/c1-13(2)11-14-3-5-15(6-4-14)18(23)9-10-20(25)22-16-7-8-19(24)17(12-16)21(26)27/h3-8,12-13,24H,9-11H2,1-2H3,(H,22,25)(H,26,27). The maximum atomic E-state index is 12.2. The van der Waals surface area contributed by atoms with Crippen molar-refractivity contribution in [2.24, 2.45) is 5.92 Å². The molecule has 0 heterocycles. The summed E-state index contributed by atoms with van der Waals surface area (Å²) in [6, 6.07) is 11.2. The van der Waals surface area contributed by atoms with E-state index in [1.165, 1.54) is 23.8 Å². The Morgan fingerprint density at radius 2 is 1.67 bits per heavy atom. The van der Waals surface area contributed by atoms with Crippen LogP contribution in [-0.2, 0) is 11.2 Å². The molecule has 0 saturated heterocycles. The van der Waals surface area contributed by atoms with Gasteiger partial charge >= 0.3 is 5.97 Å². The van der Waals surface area contributed by atoms with E-state index in [2.05, 4.69) is 19.2 Å².